The first-order valence-corrected chi connectivity index (χ1v) is 6.42. The van der Waals surface area contributed by atoms with Gasteiger partial charge in [-0.15, -0.1) is 0 Å². The Morgan fingerprint density at radius 3 is 2.81 bits per heavy atom. The van der Waals surface area contributed by atoms with Crippen LogP contribution in [0.4, 0.5) is 0 Å². The van der Waals surface area contributed by atoms with E-state index in [1.54, 1.807) is 16.7 Å². The molecule has 16 heavy (non-hydrogen) atoms. The Morgan fingerprint density at radius 1 is 1.25 bits per heavy atom. The molecule has 1 heteroatoms. The summed E-state index contributed by atoms with van der Waals surface area (Å²) in [6.45, 7) is 8.17. The quantitative estimate of drug-likeness (QED) is 0.699. The molecule has 0 saturated carbocycles. The lowest BCUT2D eigenvalue weighted by Crippen LogP contribution is -2.39. The van der Waals surface area contributed by atoms with Crippen LogP contribution in [0.15, 0.2) is 18.2 Å². The van der Waals surface area contributed by atoms with Crippen molar-refractivity contribution >= 4 is 0 Å². The lowest BCUT2D eigenvalue weighted by Gasteiger charge is -2.38. The maximum Gasteiger partial charge on any atom is 0.0372 e. The van der Waals surface area contributed by atoms with Gasteiger partial charge in [-0.3, -0.25) is 0 Å². The minimum absolute atomic E-state index is 0.308. The van der Waals surface area contributed by atoms with E-state index < -0.39 is 0 Å². The summed E-state index contributed by atoms with van der Waals surface area (Å²) >= 11 is 0. The lowest BCUT2D eigenvalue weighted by atomic mass is 9.76. The number of hydrogen-bond acceptors (Lipinski definition) is 1. The second-order valence-electron chi connectivity index (χ2n) is 6.36. The highest BCUT2D eigenvalue weighted by atomic mass is 14.9. The summed E-state index contributed by atoms with van der Waals surface area (Å²) in [5, 5.41) is 3.75. The fourth-order valence-electron chi connectivity index (χ4n) is 3.42. The fourth-order valence-corrected chi connectivity index (χ4v) is 3.42. The predicted molar refractivity (Wildman–Crippen MR) is 67.7 cm³/mol. The molecule has 0 fully saturated rings. The van der Waals surface area contributed by atoms with Crippen LogP contribution in [0.2, 0.25) is 0 Å². The van der Waals surface area contributed by atoms with Crippen LogP contribution in [0.5, 0.6) is 0 Å². The van der Waals surface area contributed by atoms with Crippen molar-refractivity contribution in [2.45, 2.75) is 45.6 Å². The van der Waals surface area contributed by atoms with E-state index in [4.69, 9.17) is 0 Å². The van der Waals surface area contributed by atoms with Crippen molar-refractivity contribution in [2.24, 2.45) is 5.41 Å². The van der Waals surface area contributed by atoms with E-state index in [9.17, 15) is 0 Å². The van der Waals surface area contributed by atoms with E-state index >= 15 is 0 Å². The molecule has 1 N–H and O–H groups in total. The van der Waals surface area contributed by atoms with Crippen LogP contribution in [0.25, 0.3) is 0 Å². The zero-order valence-corrected chi connectivity index (χ0v) is 10.5. The molecule has 2 aliphatic rings. The maximum absolute atomic E-state index is 3.75. The molecule has 1 aliphatic heterocycles. The van der Waals surface area contributed by atoms with E-state index in [0.29, 0.717) is 11.5 Å². The van der Waals surface area contributed by atoms with Gasteiger partial charge in [0.25, 0.3) is 0 Å². The second kappa shape index (κ2) is 3.33. The average molecular weight is 215 g/mol. The predicted octanol–water partition coefficient (Wildman–Crippen LogP) is 3.41. The van der Waals surface area contributed by atoms with E-state index in [1.165, 1.54) is 19.4 Å². The highest BCUT2D eigenvalue weighted by Gasteiger charge is 2.36. The normalized spacial score (nSPS) is 27.9. The number of hydrogen-bond donors (Lipinski definition) is 1. The number of benzene rings is 1. The Labute approximate surface area is 98.3 Å². The minimum atomic E-state index is 0.308. The summed E-state index contributed by atoms with van der Waals surface area (Å²) in [5.41, 5.74) is 5.17. The van der Waals surface area contributed by atoms with Crippen LogP contribution in [0.1, 0.15) is 55.8 Å². The van der Waals surface area contributed by atoms with Crippen molar-refractivity contribution in [3.8, 4) is 0 Å². The van der Waals surface area contributed by atoms with E-state index in [0.717, 1.165) is 5.92 Å². The van der Waals surface area contributed by atoms with Gasteiger partial charge in [0.05, 0.1) is 0 Å². The third-order valence-electron chi connectivity index (χ3n) is 4.15. The molecule has 3 rings (SSSR count). The number of nitrogens with one attached hydrogen (secondary N) is 1. The first-order chi connectivity index (χ1) is 7.57. The summed E-state index contributed by atoms with van der Waals surface area (Å²) < 4.78 is 0. The standard InChI is InChI=1S/C15H21N/c1-15(2,3)14-12-6-4-5-10-7-8-11(9-16-14)13(10)12/h4-6,11,14,16H,7-9H2,1-3H3. The zero-order chi connectivity index (χ0) is 11.3. The van der Waals surface area contributed by atoms with Gasteiger partial charge in [0.1, 0.15) is 0 Å². The molecule has 1 aromatic rings. The molecule has 86 valence electrons. The van der Waals surface area contributed by atoms with Crippen molar-refractivity contribution in [1.82, 2.24) is 5.32 Å². The first-order valence-electron chi connectivity index (χ1n) is 6.42. The molecule has 2 atom stereocenters. The maximum atomic E-state index is 3.75. The SMILES string of the molecule is CC(C)(C)C1NCC2CCc3cccc1c32. The summed E-state index contributed by atoms with van der Waals surface area (Å²) in [6, 6.07) is 7.42. The van der Waals surface area contributed by atoms with Gasteiger partial charge in [0.2, 0.25) is 0 Å². The van der Waals surface area contributed by atoms with E-state index in [1.807, 2.05) is 0 Å². The van der Waals surface area contributed by atoms with Gasteiger partial charge in [-0.2, -0.15) is 0 Å². The van der Waals surface area contributed by atoms with Crippen molar-refractivity contribution in [2.75, 3.05) is 6.54 Å². The summed E-state index contributed by atoms with van der Waals surface area (Å²) in [4.78, 5) is 0. The van der Waals surface area contributed by atoms with Gasteiger partial charge in [-0.25, -0.2) is 0 Å². The number of rotatable bonds is 0. The van der Waals surface area contributed by atoms with Crippen LogP contribution in [-0.4, -0.2) is 6.54 Å². The van der Waals surface area contributed by atoms with Crippen LogP contribution in [-0.2, 0) is 6.42 Å². The topological polar surface area (TPSA) is 12.0 Å². The minimum Gasteiger partial charge on any atom is -0.309 e. The van der Waals surface area contributed by atoms with Crippen LogP contribution >= 0.6 is 0 Å². The summed E-state index contributed by atoms with van der Waals surface area (Å²) in [5.74, 6) is 0.782. The molecule has 1 aromatic carbocycles. The highest BCUT2D eigenvalue weighted by Crippen LogP contribution is 2.45. The molecular formula is C15H21N. The second-order valence-corrected chi connectivity index (χ2v) is 6.36. The van der Waals surface area contributed by atoms with E-state index in [2.05, 4.69) is 44.3 Å². The Balaban J connectivity index is 2.13. The summed E-state index contributed by atoms with van der Waals surface area (Å²) in [6.07, 6.45) is 2.63. The molecule has 0 amide bonds. The fraction of sp³-hybridized carbons (Fsp3) is 0.600. The van der Waals surface area contributed by atoms with E-state index in [-0.39, 0.29) is 0 Å². The lowest BCUT2D eigenvalue weighted by molar-refractivity contribution is 0.254. The Morgan fingerprint density at radius 2 is 2.06 bits per heavy atom. The molecule has 0 radical (unpaired) electrons. The molecule has 1 nitrogen and oxygen atoms in total. The van der Waals surface area contributed by atoms with Crippen molar-refractivity contribution < 1.29 is 0 Å². The third-order valence-corrected chi connectivity index (χ3v) is 4.15. The molecular weight excluding hydrogens is 194 g/mol. The molecule has 0 saturated heterocycles. The van der Waals surface area contributed by atoms with Crippen LogP contribution in [0.3, 0.4) is 0 Å². The molecule has 1 aliphatic carbocycles. The molecule has 1 heterocycles. The highest BCUT2D eigenvalue weighted by molar-refractivity contribution is 5.45. The van der Waals surface area contributed by atoms with Crippen LogP contribution in [0, 0.1) is 5.41 Å². The van der Waals surface area contributed by atoms with Crippen molar-refractivity contribution in [1.29, 1.82) is 0 Å². The van der Waals surface area contributed by atoms with Gasteiger partial charge in [0.15, 0.2) is 0 Å². The Kier molecular flexibility index (Phi) is 2.16. The Bertz CT molecular complexity index is 414. The third kappa shape index (κ3) is 1.41. The van der Waals surface area contributed by atoms with Crippen molar-refractivity contribution in [3.63, 3.8) is 0 Å². The average Bonchev–Trinajstić information content (AvgIpc) is 2.63. The van der Waals surface area contributed by atoms with Gasteiger partial charge < -0.3 is 5.32 Å². The monoisotopic (exact) mass is 215 g/mol. The van der Waals surface area contributed by atoms with Crippen molar-refractivity contribution in [3.05, 3.63) is 34.9 Å². The molecule has 0 spiro atoms. The molecule has 2 unspecified atom stereocenters. The Hall–Kier alpha value is -0.820. The van der Waals surface area contributed by atoms with Gasteiger partial charge >= 0.3 is 0 Å². The van der Waals surface area contributed by atoms with Gasteiger partial charge in [-0.1, -0.05) is 39.0 Å². The largest absolute Gasteiger partial charge is 0.309 e. The number of aryl methyl sites for hydroxylation is 1. The van der Waals surface area contributed by atoms with Crippen LogP contribution < -0.4 is 5.32 Å². The smallest absolute Gasteiger partial charge is 0.0372 e. The zero-order valence-electron chi connectivity index (χ0n) is 10.5. The molecule has 0 bridgehead atoms. The summed E-state index contributed by atoms with van der Waals surface area (Å²) in [7, 11) is 0. The molecule has 0 aromatic heterocycles. The van der Waals surface area contributed by atoms with Gasteiger partial charge in [0, 0.05) is 12.6 Å². The first kappa shape index (κ1) is 10.3. The van der Waals surface area contributed by atoms with Gasteiger partial charge in [-0.05, 0) is 40.9 Å².